The summed E-state index contributed by atoms with van der Waals surface area (Å²) in [5.74, 6) is -4.36. The number of hydrogen-bond donors (Lipinski definition) is 0. The van der Waals surface area contributed by atoms with E-state index in [1.807, 2.05) is 48.5 Å². The molecule has 2 bridgehead atoms. The maximum absolute atomic E-state index is 14.4. The van der Waals surface area contributed by atoms with Crippen LogP contribution in [0.15, 0.2) is 97.1 Å². The van der Waals surface area contributed by atoms with Gasteiger partial charge in [-0.1, -0.05) is 60.7 Å². The van der Waals surface area contributed by atoms with Crippen molar-refractivity contribution in [1.29, 1.82) is 0 Å². The molecule has 10 heteroatoms. The van der Waals surface area contributed by atoms with E-state index < -0.39 is 58.6 Å². The molecule has 1 saturated heterocycles. The van der Waals surface area contributed by atoms with Gasteiger partial charge in [-0.05, 0) is 46.5 Å². The molecule has 4 aliphatic rings. The van der Waals surface area contributed by atoms with Crippen molar-refractivity contribution in [2.75, 3.05) is 13.7 Å². The van der Waals surface area contributed by atoms with E-state index in [2.05, 4.69) is 0 Å². The standard InChI is InChI=1S/C34H25N3O7/c1-44-22-8-6-7-20(17-22)27(38)18-35(32(39)19-13-15-21(16-14-19)37(42)43)36-33(40)30-28-23-9-2-3-10-24(23)29(31(30)34(36)41)26-12-5-4-11-25(26)28/h2-17,28-31H,18H2,1H3/t28?,29?,30-,31+. The molecule has 0 N–H and O–H groups in total. The number of imide groups is 1. The van der Waals surface area contributed by atoms with Crippen LogP contribution in [-0.2, 0) is 9.59 Å². The molecule has 1 aliphatic heterocycles. The predicted molar refractivity (Wildman–Crippen MR) is 157 cm³/mol. The monoisotopic (exact) mass is 587 g/mol. The Hall–Kier alpha value is -5.64. The topological polar surface area (TPSA) is 127 Å². The molecule has 0 saturated carbocycles. The quantitative estimate of drug-likeness (QED) is 0.132. The Morgan fingerprint density at radius 3 is 1.77 bits per heavy atom. The second-order valence-corrected chi connectivity index (χ2v) is 11.1. The van der Waals surface area contributed by atoms with Crippen LogP contribution in [0.25, 0.3) is 0 Å². The molecule has 218 valence electrons. The number of benzene rings is 4. The normalized spacial score (nSPS) is 20.9. The lowest BCUT2D eigenvalue weighted by molar-refractivity contribution is -0.384. The average molecular weight is 588 g/mol. The van der Waals surface area contributed by atoms with Gasteiger partial charge in [0.25, 0.3) is 23.4 Å². The van der Waals surface area contributed by atoms with Crippen LogP contribution in [0.2, 0.25) is 0 Å². The van der Waals surface area contributed by atoms with E-state index >= 15 is 0 Å². The van der Waals surface area contributed by atoms with Gasteiger partial charge >= 0.3 is 0 Å². The van der Waals surface area contributed by atoms with Crippen molar-refractivity contribution in [3.63, 3.8) is 0 Å². The zero-order valence-electron chi connectivity index (χ0n) is 23.5. The third-order valence-electron chi connectivity index (χ3n) is 8.91. The van der Waals surface area contributed by atoms with E-state index in [-0.39, 0.29) is 16.8 Å². The van der Waals surface area contributed by atoms with E-state index in [1.165, 1.54) is 25.3 Å². The van der Waals surface area contributed by atoms with Crippen molar-refractivity contribution in [2.45, 2.75) is 11.8 Å². The molecule has 1 fully saturated rings. The molecule has 8 rings (SSSR count). The van der Waals surface area contributed by atoms with Crippen LogP contribution < -0.4 is 4.74 Å². The Labute approximate surface area is 251 Å². The fraction of sp³-hybridized carbons (Fsp3) is 0.176. The van der Waals surface area contributed by atoms with Crippen LogP contribution in [0.4, 0.5) is 5.69 Å². The number of rotatable bonds is 7. The molecule has 0 spiro atoms. The lowest BCUT2D eigenvalue weighted by Gasteiger charge is -2.45. The number of non-ortho nitro benzene ring substituents is 1. The summed E-state index contributed by atoms with van der Waals surface area (Å²) < 4.78 is 5.24. The van der Waals surface area contributed by atoms with Crippen LogP contribution >= 0.6 is 0 Å². The fourth-order valence-corrected chi connectivity index (χ4v) is 7.03. The first-order valence-electron chi connectivity index (χ1n) is 14.1. The van der Waals surface area contributed by atoms with Crippen molar-refractivity contribution >= 4 is 29.2 Å². The highest BCUT2D eigenvalue weighted by atomic mass is 16.6. The third kappa shape index (κ3) is 4.02. The molecule has 4 aromatic rings. The fourth-order valence-electron chi connectivity index (χ4n) is 7.03. The summed E-state index contributed by atoms with van der Waals surface area (Å²) in [6.45, 7) is -0.616. The van der Waals surface area contributed by atoms with E-state index in [0.29, 0.717) is 5.75 Å². The van der Waals surface area contributed by atoms with Crippen molar-refractivity contribution in [3.8, 4) is 5.75 Å². The number of hydrogen-bond acceptors (Lipinski definition) is 7. The molecular formula is C34H25N3O7. The summed E-state index contributed by atoms with van der Waals surface area (Å²) in [4.78, 5) is 67.1. The number of hydrazine groups is 1. The number of carbonyl (C=O) groups is 4. The van der Waals surface area contributed by atoms with Gasteiger partial charge in [0, 0.05) is 35.1 Å². The zero-order chi connectivity index (χ0) is 30.7. The van der Waals surface area contributed by atoms with E-state index in [0.717, 1.165) is 44.4 Å². The number of ketones is 1. The van der Waals surface area contributed by atoms with Crippen molar-refractivity contribution in [1.82, 2.24) is 10.0 Å². The number of amides is 3. The number of nitro benzene ring substituents is 1. The number of nitrogens with zero attached hydrogens (tertiary/aromatic N) is 3. The first-order valence-corrected chi connectivity index (χ1v) is 14.1. The summed E-state index contributed by atoms with van der Waals surface area (Å²) in [7, 11) is 1.46. The summed E-state index contributed by atoms with van der Waals surface area (Å²) in [5.41, 5.74) is 3.87. The van der Waals surface area contributed by atoms with Gasteiger partial charge < -0.3 is 4.74 Å². The molecule has 10 nitrogen and oxygen atoms in total. The molecule has 0 aromatic heterocycles. The van der Waals surface area contributed by atoms with Gasteiger partial charge in [-0.15, -0.1) is 0 Å². The van der Waals surface area contributed by atoms with Gasteiger partial charge in [0.1, 0.15) is 12.3 Å². The second-order valence-electron chi connectivity index (χ2n) is 11.1. The van der Waals surface area contributed by atoms with Crippen LogP contribution in [0.3, 0.4) is 0 Å². The van der Waals surface area contributed by atoms with Gasteiger partial charge in [0.15, 0.2) is 5.78 Å². The molecule has 2 atom stereocenters. The molecule has 0 unspecified atom stereocenters. The number of methoxy groups -OCH3 is 1. The van der Waals surface area contributed by atoms with Gasteiger partial charge in [0.2, 0.25) is 0 Å². The predicted octanol–water partition coefficient (Wildman–Crippen LogP) is 4.74. The molecule has 3 amide bonds. The Balaban J connectivity index is 1.32. The van der Waals surface area contributed by atoms with Gasteiger partial charge in [-0.25, -0.2) is 5.01 Å². The van der Waals surface area contributed by atoms with Crippen LogP contribution in [0.5, 0.6) is 5.75 Å². The zero-order valence-corrected chi connectivity index (χ0v) is 23.5. The molecular weight excluding hydrogens is 562 g/mol. The van der Waals surface area contributed by atoms with Crippen LogP contribution in [0, 0.1) is 22.0 Å². The first-order chi connectivity index (χ1) is 21.3. The van der Waals surface area contributed by atoms with Crippen LogP contribution in [-0.4, -0.2) is 52.1 Å². The highest BCUT2D eigenvalue weighted by Gasteiger charge is 2.63. The number of Topliss-reactive ketones (excluding diaryl/α,β-unsaturated/α-hetero) is 1. The third-order valence-corrected chi connectivity index (χ3v) is 8.91. The van der Waals surface area contributed by atoms with Crippen molar-refractivity contribution in [2.24, 2.45) is 11.8 Å². The lowest BCUT2D eigenvalue weighted by Crippen LogP contribution is -2.52. The van der Waals surface area contributed by atoms with Crippen molar-refractivity contribution < 1.29 is 28.8 Å². The molecule has 44 heavy (non-hydrogen) atoms. The summed E-state index contributed by atoms with van der Waals surface area (Å²) >= 11 is 0. The number of ether oxygens (including phenoxy) is 1. The van der Waals surface area contributed by atoms with Gasteiger partial charge in [0.05, 0.1) is 23.9 Å². The van der Waals surface area contributed by atoms with E-state index in [9.17, 15) is 29.3 Å². The second kappa shape index (κ2) is 10.3. The lowest BCUT2D eigenvalue weighted by atomic mass is 9.55. The highest BCUT2D eigenvalue weighted by molar-refractivity contribution is 6.11. The largest absolute Gasteiger partial charge is 0.497 e. The molecule has 3 aliphatic carbocycles. The first kappa shape index (κ1) is 27.2. The molecule has 0 radical (unpaired) electrons. The Kier molecular flexibility index (Phi) is 6.35. The maximum atomic E-state index is 14.4. The van der Waals surface area contributed by atoms with Gasteiger partial charge in [-0.2, -0.15) is 5.01 Å². The minimum Gasteiger partial charge on any atom is -0.497 e. The smallest absolute Gasteiger partial charge is 0.273 e. The summed E-state index contributed by atoms with van der Waals surface area (Å²) in [6.07, 6.45) is 0. The van der Waals surface area contributed by atoms with Crippen LogP contribution in [0.1, 0.15) is 54.8 Å². The molecule has 4 aromatic carbocycles. The number of carbonyl (C=O) groups excluding carboxylic acids is 4. The average Bonchev–Trinajstić information content (AvgIpc) is 3.32. The Bertz CT molecular complexity index is 1770. The summed E-state index contributed by atoms with van der Waals surface area (Å²) in [6, 6.07) is 26.7. The highest BCUT2D eigenvalue weighted by Crippen LogP contribution is 2.61. The Morgan fingerprint density at radius 2 is 1.30 bits per heavy atom. The van der Waals surface area contributed by atoms with E-state index in [1.54, 1.807) is 18.2 Å². The SMILES string of the molecule is COc1cccc(C(=O)CN(C(=O)c2ccc([N+](=O)[O-])cc2)N2C(=O)[C@@H]3C4c5ccccc5C(c5ccccc54)[C@@H]3C2=O)c1. The minimum absolute atomic E-state index is 0.0148. The maximum Gasteiger partial charge on any atom is 0.273 e. The minimum atomic E-state index is -0.807. The van der Waals surface area contributed by atoms with Crippen molar-refractivity contribution in [3.05, 3.63) is 141 Å². The Morgan fingerprint density at radius 1 is 0.773 bits per heavy atom. The van der Waals surface area contributed by atoms with Gasteiger partial charge in [-0.3, -0.25) is 29.3 Å². The molecule has 1 heterocycles. The number of nitro groups is 1. The summed E-state index contributed by atoms with van der Waals surface area (Å²) in [5, 5.41) is 13.0. The van der Waals surface area contributed by atoms with E-state index in [4.69, 9.17) is 4.74 Å².